The van der Waals surface area contributed by atoms with Crippen LogP contribution >= 0.6 is 0 Å². The first-order chi connectivity index (χ1) is 26.4. The van der Waals surface area contributed by atoms with Gasteiger partial charge in [0.1, 0.15) is 41.7 Å². The maximum absolute atomic E-state index is 14.3. The fourth-order valence-corrected chi connectivity index (χ4v) is 7.07. The lowest BCUT2D eigenvalue weighted by molar-refractivity contribution is -0.153. The highest BCUT2D eigenvalue weighted by Crippen LogP contribution is 2.26. The van der Waals surface area contributed by atoms with Gasteiger partial charge in [-0.1, -0.05) is 74.1 Å². The Bertz CT molecular complexity index is 1480. The van der Waals surface area contributed by atoms with Crippen LogP contribution in [0.2, 0.25) is 0 Å². The van der Waals surface area contributed by atoms with E-state index in [1.807, 2.05) is 41.5 Å². The van der Waals surface area contributed by atoms with Crippen molar-refractivity contribution in [3.8, 4) is 11.5 Å². The minimum atomic E-state index is -0.965. The average Bonchev–Trinajstić information content (AvgIpc) is 3.66. The Morgan fingerprint density at radius 1 is 0.804 bits per heavy atom. The second-order valence-electron chi connectivity index (χ2n) is 16.0. The van der Waals surface area contributed by atoms with E-state index in [0.29, 0.717) is 37.3 Å². The van der Waals surface area contributed by atoms with Crippen LogP contribution in [-0.4, -0.2) is 115 Å². The Balaban J connectivity index is 2.16. The fourth-order valence-electron chi connectivity index (χ4n) is 7.07. The highest BCUT2D eigenvalue weighted by molar-refractivity contribution is 5.96. The van der Waals surface area contributed by atoms with E-state index in [1.54, 1.807) is 46.3 Å². The lowest BCUT2D eigenvalue weighted by Gasteiger charge is -2.38. The Hall–Kier alpha value is -4.36. The molecule has 0 aliphatic carbocycles. The third kappa shape index (κ3) is 13.1. The lowest BCUT2D eigenvalue weighted by atomic mass is 9.96. The van der Waals surface area contributed by atoms with Crippen LogP contribution in [-0.2, 0) is 35.3 Å². The number of amides is 6. The Morgan fingerprint density at radius 3 is 2.02 bits per heavy atom. The molecule has 0 radical (unpaired) electrons. The summed E-state index contributed by atoms with van der Waals surface area (Å²) in [6.45, 7) is 15.3. The summed E-state index contributed by atoms with van der Waals surface area (Å²) in [5.41, 5.74) is 0.739. The zero-order valence-corrected chi connectivity index (χ0v) is 36.0. The normalized spacial score (nSPS) is 16.2. The summed E-state index contributed by atoms with van der Waals surface area (Å²) in [5, 5.41) is 8.63. The minimum absolute atomic E-state index is 0.173. The summed E-state index contributed by atoms with van der Waals surface area (Å²) in [7, 11) is 6.19. The van der Waals surface area contributed by atoms with E-state index in [1.165, 1.54) is 21.8 Å². The quantitative estimate of drug-likeness (QED) is 0.147. The van der Waals surface area contributed by atoms with Crippen LogP contribution in [0.4, 0.5) is 0 Å². The fraction of sp³-hybridized carbons (Fsp3) is 0.714. The van der Waals surface area contributed by atoms with Crippen molar-refractivity contribution in [2.45, 2.75) is 144 Å². The predicted octanol–water partition coefficient (Wildman–Crippen LogP) is 4.28. The summed E-state index contributed by atoms with van der Waals surface area (Å²) in [5.74, 6) is -1.91. The molecule has 1 aromatic carbocycles. The zero-order chi connectivity index (χ0) is 42.3. The van der Waals surface area contributed by atoms with E-state index in [0.717, 1.165) is 37.7 Å². The molecule has 14 heteroatoms. The number of likely N-dealkylation sites (tertiary alicyclic amines) is 1. The summed E-state index contributed by atoms with van der Waals surface area (Å²) < 4.78 is 10.7. The standard InChI is InChI=1S/C42H70N6O8/c1-13-14-15-16-17-20-34(49)44-35(26(2)3)39(51)45-36(27(4)5)41(53)47(10)37(28(6)7)42(54)48-23-18-19-32(48)40(52)46(9)29(8)38(50)43-25-30-21-22-31(55-11)24-33(30)56-12/h21-22,24,26-29,32,35-37H,13-20,23,25H2,1-12H3,(H,43,50)(H,44,49)(H,45,51)/t29-,32+,35+,36+,37+/m1/s1. The molecule has 1 saturated heterocycles. The highest BCUT2D eigenvalue weighted by atomic mass is 16.5. The topological polar surface area (TPSA) is 167 Å². The minimum Gasteiger partial charge on any atom is -0.497 e. The van der Waals surface area contributed by atoms with Gasteiger partial charge in [-0.2, -0.15) is 0 Å². The monoisotopic (exact) mass is 787 g/mol. The molecule has 14 nitrogen and oxygen atoms in total. The smallest absolute Gasteiger partial charge is 0.246 e. The first-order valence-electron chi connectivity index (χ1n) is 20.3. The summed E-state index contributed by atoms with van der Waals surface area (Å²) in [6.07, 6.45) is 6.33. The van der Waals surface area contributed by atoms with Crippen LogP contribution in [0.3, 0.4) is 0 Å². The van der Waals surface area contributed by atoms with Gasteiger partial charge in [0.05, 0.1) is 14.2 Å². The molecule has 0 spiro atoms. The number of nitrogens with zero attached hydrogens (tertiary/aromatic N) is 3. The van der Waals surface area contributed by atoms with Gasteiger partial charge in [0.15, 0.2) is 0 Å². The van der Waals surface area contributed by atoms with Crippen molar-refractivity contribution in [3.63, 3.8) is 0 Å². The van der Waals surface area contributed by atoms with Crippen molar-refractivity contribution in [1.82, 2.24) is 30.7 Å². The molecule has 5 atom stereocenters. The first kappa shape index (κ1) is 47.8. The van der Waals surface area contributed by atoms with Gasteiger partial charge >= 0.3 is 0 Å². The third-order valence-corrected chi connectivity index (χ3v) is 10.7. The number of unbranched alkanes of at least 4 members (excludes halogenated alkanes) is 4. The average molecular weight is 787 g/mol. The number of benzene rings is 1. The van der Waals surface area contributed by atoms with Crippen LogP contribution in [0.5, 0.6) is 11.5 Å². The van der Waals surface area contributed by atoms with Crippen molar-refractivity contribution in [2.24, 2.45) is 17.8 Å². The zero-order valence-electron chi connectivity index (χ0n) is 36.0. The molecular weight excluding hydrogens is 716 g/mol. The van der Waals surface area contributed by atoms with Crippen LogP contribution in [0.25, 0.3) is 0 Å². The Morgan fingerprint density at radius 2 is 1.45 bits per heavy atom. The number of hydrogen-bond acceptors (Lipinski definition) is 8. The molecule has 56 heavy (non-hydrogen) atoms. The second-order valence-corrected chi connectivity index (χ2v) is 16.0. The molecule has 1 fully saturated rings. The highest BCUT2D eigenvalue weighted by Gasteiger charge is 2.44. The van der Waals surface area contributed by atoms with Gasteiger partial charge in [-0.15, -0.1) is 0 Å². The van der Waals surface area contributed by atoms with E-state index in [-0.39, 0.29) is 47.9 Å². The van der Waals surface area contributed by atoms with Crippen molar-refractivity contribution in [3.05, 3.63) is 23.8 Å². The van der Waals surface area contributed by atoms with E-state index in [4.69, 9.17) is 9.47 Å². The van der Waals surface area contributed by atoms with Crippen molar-refractivity contribution < 1.29 is 38.2 Å². The maximum atomic E-state index is 14.3. The molecule has 316 valence electrons. The molecule has 0 aromatic heterocycles. The van der Waals surface area contributed by atoms with Crippen LogP contribution in [0.15, 0.2) is 18.2 Å². The summed E-state index contributed by atoms with van der Waals surface area (Å²) >= 11 is 0. The summed E-state index contributed by atoms with van der Waals surface area (Å²) in [6, 6.07) is 0.923. The molecule has 2 rings (SSSR count). The number of ether oxygens (including phenoxy) is 2. The summed E-state index contributed by atoms with van der Waals surface area (Å²) in [4.78, 5) is 86.3. The van der Waals surface area contributed by atoms with Crippen LogP contribution < -0.4 is 25.4 Å². The van der Waals surface area contributed by atoms with Crippen molar-refractivity contribution in [1.29, 1.82) is 0 Å². The van der Waals surface area contributed by atoms with Crippen LogP contribution in [0, 0.1) is 17.8 Å². The Labute approximate surface area is 335 Å². The molecule has 1 aliphatic rings. The SMILES string of the molecule is CCCCCCCC(=O)N[C@H](C(=O)N[C@H](C(=O)N(C)[C@H](C(=O)N1CCC[C@H]1C(=O)N(C)[C@H](C)C(=O)NCc1ccc(OC)cc1OC)C(C)C)C(C)C)C(C)C. The predicted molar refractivity (Wildman–Crippen MR) is 217 cm³/mol. The maximum Gasteiger partial charge on any atom is 0.246 e. The molecular formula is C42H70N6O8. The Kier molecular flexibility index (Phi) is 19.6. The molecule has 3 N–H and O–H groups in total. The van der Waals surface area contributed by atoms with E-state index < -0.39 is 42.0 Å². The number of rotatable bonds is 22. The number of carbonyl (C=O) groups is 6. The third-order valence-electron chi connectivity index (χ3n) is 10.7. The molecule has 6 amide bonds. The van der Waals surface area contributed by atoms with Gasteiger partial charge in [-0.3, -0.25) is 28.8 Å². The second kappa shape index (κ2) is 23.0. The number of carbonyl (C=O) groups excluding carboxylic acids is 6. The van der Waals surface area contributed by atoms with E-state index >= 15 is 0 Å². The van der Waals surface area contributed by atoms with Gasteiger partial charge in [0.25, 0.3) is 0 Å². The van der Waals surface area contributed by atoms with Gasteiger partial charge in [-0.05, 0) is 56.1 Å². The van der Waals surface area contributed by atoms with Crippen molar-refractivity contribution in [2.75, 3.05) is 34.9 Å². The van der Waals surface area contributed by atoms with Gasteiger partial charge in [0, 0.05) is 45.2 Å². The van der Waals surface area contributed by atoms with Crippen molar-refractivity contribution >= 4 is 35.4 Å². The van der Waals surface area contributed by atoms with Gasteiger partial charge in [0.2, 0.25) is 35.4 Å². The van der Waals surface area contributed by atoms with Gasteiger partial charge < -0.3 is 40.1 Å². The van der Waals surface area contributed by atoms with Crippen LogP contribution in [0.1, 0.15) is 112 Å². The number of likely N-dealkylation sites (N-methyl/N-ethyl adjacent to an activating group) is 2. The van der Waals surface area contributed by atoms with E-state index in [2.05, 4.69) is 22.9 Å². The largest absolute Gasteiger partial charge is 0.497 e. The number of hydrogen-bond donors (Lipinski definition) is 3. The molecule has 1 heterocycles. The molecule has 0 unspecified atom stereocenters. The first-order valence-corrected chi connectivity index (χ1v) is 20.3. The molecule has 1 aromatic rings. The van der Waals surface area contributed by atoms with Gasteiger partial charge in [-0.25, -0.2) is 0 Å². The molecule has 0 bridgehead atoms. The molecule has 0 saturated carbocycles. The number of nitrogens with one attached hydrogen (secondary N) is 3. The van der Waals surface area contributed by atoms with E-state index in [9.17, 15) is 28.8 Å². The molecule has 1 aliphatic heterocycles. The lowest BCUT2D eigenvalue weighted by Crippen LogP contribution is -2.61. The number of methoxy groups -OCH3 is 2.